The van der Waals surface area contributed by atoms with Gasteiger partial charge in [-0.25, -0.2) is 4.98 Å². The van der Waals surface area contributed by atoms with Gasteiger partial charge >= 0.3 is 6.43 Å². The van der Waals surface area contributed by atoms with E-state index < -0.39 is 12.3 Å². The van der Waals surface area contributed by atoms with Crippen molar-refractivity contribution >= 4 is 11.0 Å². The Morgan fingerprint density at radius 2 is 1.79 bits per heavy atom. The second kappa shape index (κ2) is 5.84. The third-order valence-electron chi connectivity index (χ3n) is 3.71. The van der Waals surface area contributed by atoms with Crippen LogP contribution in [0.15, 0.2) is 59.3 Å². The molecule has 0 amide bonds. The number of halogens is 2. The molecule has 7 heteroatoms. The first-order valence-electron chi connectivity index (χ1n) is 7.31. The molecule has 0 saturated heterocycles. The van der Waals surface area contributed by atoms with E-state index in [0.717, 1.165) is 16.6 Å². The van der Waals surface area contributed by atoms with Crippen LogP contribution in [0.2, 0.25) is 0 Å². The minimum Gasteiger partial charge on any atom is -0.415 e. The molecule has 2 aromatic heterocycles. The lowest BCUT2D eigenvalue weighted by atomic mass is 10.1. The summed E-state index contributed by atoms with van der Waals surface area (Å²) in [5.74, 6) is -0.580. The molecule has 0 aliphatic carbocycles. The fourth-order valence-corrected chi connectivity index (χ4v) is 2.53. The molecule has 24 heavy (non-hydrogen) atoms. The predicted molar refractivity (Wildman–Crippen MR) is 83.5 cm³/mol. The quantitative estimate of drug-likeness (QED) is 0.567. The minimum absolute atomic E-state index is 0.0879. The van der Waals surface area contributed by atoms with Gasteiger partial charge in [-0.05, 0) is 29.8 Å². The number of rotatable bonds is 4. The van der Waals surface area contributed by atoms with Crippen LogP contribution in [0.3, 0.4) is 0 Å². The van der Waals surface area contributed by atoms with Gasteiger partial charge in [-0.1, -0.05) is 24.3 Å². The van der Waals surface area contributed by atoms with Gasteiger partial charge in [0.15, 0.2) is 0 Å². The lowest BCUT2D eigenvalue weighted by molar-refractivity contribution is 0.116. The summed E-state index contributed by atoms with van der Waals surface area (Å²) in [7, 11) is 0. The number of aromatic nitrogens is 4. The molecule has 0 radical (unpaired) electrons. The van der Waals surface area contributed by atoms with Crippen LogP contribution in [0.25, 0.3) is 22.5 Å². The van der Waals surface area contributed by atoms with Crippen LogP contribution in [0.5, 0.6) is 0 Å². The Morgan fingerprint density at radius 1 is 1.00 bits per heavy atom. The van der Waals surface area contributed by atoms with E-state index in [0.29, 0.717) is 12.1 Å². The molecule has 0 N–H and O–H groups in total. The summed E-state index contributed by atoms with van der Waals surface area (Å²) in [5, 5.41) is 6.97. The maximum Gasteiger partial charge on any atom is 0.314 e. The zero-order valence-electron chi connectivity index (χ0n) is 12.4. The standard InChI is InChI=1S/C17H12F2N4O/c18-15(19)17-22-21-16(24-17)12-7-5-11(6-8-12)9-23-10-20-13-3-1-2-4-14(13)23/h1-8,10,15H,9H2. The van der Waals surface area contributed by atoms with Crippen LogP contribution in [0, 0.1) is 0 Å². The fourth-order valence-electron chi connectivity index (χ4n) is 2.53. The van der Waals surface area contributed by atoms with Crippen LogP contribution in [0.1, 0.15) is 17.9 Å². The second-order valence-corrected chi connectivity index (χ2v) is 5.30. The van der Waals surface area contributed by atoms with Crippen LogP contribution in [-0.4, -0.2) is 19.7 Å². The number of hydrogen-bond acceptors (Lipinski definition) is 4. The van der Waals surface area contributed by atoms with Crippen molar-refractivity contribution in [3.63, 3.8) is 0 Å². The summed E-state index contributed by atoms with van der Waals surface area (Å²) in [6.45, 7) is 0.660. The van der Waals surface area contributed by atoms with E-state index in [1.54, 1.807) is 18.5 Å². The normalized spacial score (nSPS) is 11.5. The Morgan fingerprint density at radius 3 is 2.54 bits per heavy atom. The van der Waals surface area contributed by atoms with E-state index in [-0.39, 0.29) is 5.89 Å². The fraction of sp³-hybridized carbons (Fsp3) is 0.118. The highest BCUT2D eigenvalue weighted by molar-refractivity contribution is 5.75. The Kier molecular flexibility index (Phi) is 3.53. The number of benzene rings is 2. The molecule has 0 saturated carbocycles. The van der Waals surface area contributed by atoms with E-state index in [9.17, 15) is 8.78 Å². The van der Waals surface area contributed by atoms with Gasteiger partial charge in [0.2, 0.25) is 5.89 Å². The smallest absolute Gasteiger partial charge is 0.314 e. The summed E-state index contributed by atoms with van der Waals surface area (Å²) < 4.78 is 32.0. The largest absolute Gasteiger partial charge is 0.415 e. The Balaban J connectivity index is 1.57. The summed E-state index contributed by atoms with van der Waals surface area (Å²) in [5.41, 5.74) is 3.66. The highest BCUT2D eigenvalue weighted by atomic mass is 19.3. The van der Waals surface area contributed by atoms with Gasteiger partial charge in [0.1, 0.15) is 0 Å². The first-order valence-corrected chi connectivity index (χ1v) is 7.31. The molecular weight excluding hydrogens is 314 g/mol. The Hall–Kier alpha value is -3.09. The van der Waals surface area contributed by atoms with Gasteiger partial charge in [0, 0.05) is 12.1 Å². The molecular formula is C17H12F2N4O. The topological polar surface area (TPSA) is 56.7 Å². The molecule has 4 aromatic rings. The third-order valence-corrected chi connectivity index (χ3v) is 3.71. The molecule has 120 valence electrons. The molecule has 0 aliphatic heterocycles. The van der Waals surface area contributed by atoms with Crippen molar-refractivity contribution in [2.75, 3.05) is 0 Å². The maximum absolute atomic E-state index is 12.5. The van der Waals surface area contributed by atoms with Gasteiger partial charge < -0.3 is 8.98 Å². The average molecular weight is 326 g/mol. The van der Waals surface area contributed by atoms with Gasteiger partial charge in [0.05, 0.1) is 17.4 Å². The van der Waals surface area contributed by atoms with Gasteiger partial charge in [-0.15, -0.1) is 10.2 Å². The molecule has 0 spiro atoms. The molecule has 2 heterocycles. The molecule has 4 rings (SSSR count). The van der Waals surface area contributed by atoms with Crippen LogP contribution >= 0.6 is 0 Å². The molecule has 0 unspecified atom stereocenters. The van der Waals surface area contributed by atoms with Crippen molar-refractivity contribution in [3.05, 3.63) is 66.3 Å². The van der Waals surface area contributed by atoms with Gasteiger partial charge in [0.25, 0.3) is 5.89 Å². The summed E-state index contributed by atoms with van der Waals surface area (Å²) >= 11 is 0. The van der Waals surface area contributed by atoms with Gasteiger partial charge in [-0.3, -0.25) is 0 Å². The van der Waals surface area contributed by atoms with E-state index >= 15 is 0 Å². The number of para-hydroxylation sites is 2. The first-order chi connectivity index (χ1) is 11.7. The van der Waals surface area contributed by atoms with Crippen molar-refractivity contribution in [2.24, 2.45) is 0 Å². The number of imidazole rings is 1. The summed E-state index contributed by atoms with van der Waals surface area (Å²) in [6, 6.07) is 15.2. The second-order valence-electron chi connectivity index (χ2n) is 5.30. The van der Waals surface area contributed by atoms with E-state index in [4.69, 9.17) is 4.42 Å². The highest BCUT2D eigenvalue weighted by Crippen LogP contribution is 2.23. The van der Waals surface area contributed by atoms with Crippen molar-refractivity contribution in [3.8, 4) is 11.5 Å². The van der Waals surface area contributed by atoms with E-state index in [2.05, 4.69) is 15.2 Å². The van der Waals surface area contributed by atoms with Crippen molar-refractivity contribution in [2.45, 2.75) is 13.0 Å². The van der Waals surface area contributed by atoms with Crippen molar-refractivity contribution in [1.82, 2.24) is 19.7 Å². The average Bonchev–Trinajstić information content (AvgIpc) is 3.24. The molecule has 2 aromatic carbocycles. The number of alkyl halides is 2. The third kappa shape index (κ3) is 2.64. The maximum atomic E-state index is 12.5. The lowest BCUT2D eigenvalue weighted by Gasteiger charge is -2.05. The number of fused-ring (bicyclic) bond motifs is 1. The summed E-state index contributed by atoms with van der Waals surface area (Å²) in [4.78, 5) is 4.36. The van der Waals surface area contributed by atoms with Crippen LogP contribution in [-0.2, 0) is 6.54 Å². The molecule has 0 bridgehead atoms. The number of hydrogen-bond donors (Lipinski definition) is 0. The molecule has 0 fully saturated rings. The molecule has 0 atom stereocenters. The SMILES string of the molecule is FC(F)c1nnc(-c2ccc(Cn3cnc4ccccc43)cc2)o1. The Bertz CT molecular complexity index is 976. The zero-order chi connectivity index (χ0) is 16.5. The van der Waals surface area contributed by atoms with Crippen LogP contribution in [0.4, 0.5) is 8.78 Å². The Labute approximate surface area is 135 Å². The number of nitrogens with zero attached hydrogens (tertiary/aromatic N) is 4. The van der Waals surface area contributed by atoms with Crippen LogP contribution < -0.4 is 0 Å². The highest BCUT2D eigenvalue weighted by Gasteiger charge is 2.16. The zero-order valence-corrected chi connectivity index (χ0v) is 12.4. The summed E-state index contributed by atoms with van der Waals surface area (Å²) in [6.07, 6.45) is -0.967. The van der Waals surface area contributed by atoms with E-state index in [1.165, 1.54) is 0 Å². The van der Waals surface area contributed by atoms with E-state index in [1.807, 2.05) is 41.0 Å². The predicted octanol–water partition coefficient (Wildman–Crippen LogP) is 4.07. The van der Waals surface area contributed by atoms with Gasteiger partial charge in [-0.2, -0.15) is 8.78 Å². The molecule has 5 nitrogen and oxygen atoms in total. The monoisotopic (exact) mass is 326 g/mol. The lowest BCUT2D eigenvalue weighted by Crippen LogP contribution is -1.97. The van der Waals surface area contributed by atoms with Crippen molar-refractivity contribution < 1.29 is 13.2 Å². The first kappa shape index (κ1) is 14.5. The van der Waals surface area contributed by atoms with Crippen molar-refractivity contribution in [1.29, 1.82) is 0 Å². The minimum atomic E-state index is -2.76. The molecule has 0 aliphatic rings.